The van der Waals surface area contributed by atoms with Crippen molar-refractivity contribution >= 4 is 39.5 Å². The number of esters is 1. The number of ether oxygens (including phenoxy) is 1. The van der Waals surface area contributed by atoms with Gasteiger partial charge in [0.15, 0.2) is 6.10 Å². The van der Waals surface area contributed by atoms with Crippen LogP contribution in [0.5, 0.6) is 0 Å². The Balaban J connectivity index is 1.85. The highest BCUT2D eigenvalue weighted by Gasteiger charge is 2.23. The number of amides is 3. The Labute approximate surface area is 154 Å². The van der Waals surface area contributed by atoms with E-state index in [1.807, 2.05) is 0 Å². The summed E-state index contributed by atoms with van der Waals surface area (Å²) in [6.45, 7) is 1.40. The maximum Gasteiger partial charge on any atom is 0.341 e. The molecule has 0 saturated heterocycles. The summed E-state index contributed by atoms with van der Waals surface area (Å²) in [6, 6.07) is 4.28. The number of carbonyl (C=O) groups excluding carboxylic acids is 3. The summed E-state index contributed by atoms with van der Waals surface area (Å²) in [4.78, 5) is 36.0. The fourth-order valence-electron chi connectivity index (χ4n) is 2.66. The van der Waals surface area contributed by atoms with Crippen LogP contribution >= 0.6 is 15.9 Å². The van der Waals surface area contributed by atoms with Crippen molar-refractivity contribution in [1.82, 2.24) is 10.6 Å². The highest BCUT2D eigenvalue weighted by molar-refractivity contribution is 9.10. The normalized spacial score (nSPS) is 15.9. The number of anilines is 1. The van der Waals surface area contributed by atoms with Gasteiger partial charge in [0.25, 0.3) is 5.91 Å². The Bertz CT molecular complexity index is 659. The standard InChI is InChI=1S/C17H22BrN3O4/c1-10(25-16(23)13-9-11(18)7-8-14(13)19)15(22)21-17(24)20-12-5-3-2-4-6-12/h7-10,12H,2-6,19H2,1H3,(H2,20,21,22,24). The molecule has 1 unspecified atom stereocenters. The molecule has 2 rings (SSSR count). The number of halogens is 1. The van der Waals surface area contributed by atoms with Gasteiger partial charge in [-0.25, -0.2) is 9.59 Å². The molecule has 1 aromatic carbocycles. The van der Waals surface area contributed by atoms with E-state index in [9.17, 15) is 14.4 Å². The minimum Gasteiger partial charge on any atom is -0.449 e. The maximum atomic E-state index is 12.1. The molecule has 0 aromatic heterocycles. The van der Waals surface area contributed by atoms with Gasteiger partial charge in [0, 0.05) is 16.2 Å². The lowest BCUT2D eigenvalue weighted by Gasteiger charge is -2.23. The van der Waals surface area contributed by atoms with Crippen molar-refractivity contribution in [3.05, 3.63) is 28.2 Å². The molecule has 0 aliphatic heterocycles. The third-order valence-corrected chi connectivity index (χ3v) is 4.56. The van der Waals surface area contributed by atoms with Crippen LogP contribution in [0.1, 0.15) is 49.4 Å². The van der Waals surface area contributed by atoms with E-state index in [1.165, 1.54) is 19.4 Å². The van der Waals surface area contributed by atoms with Crippen LogP contribution in [0.15, 0.2) is 22.7 Å². The topological polar surface area (TPSA) is 111 Å². The average Bonchev–Trinajstić information content (AvgIpc) is 2.57. The van der Waals surface area contributed by atoms with Gasteiger partial charge in [0.05, 0.1) is 5.56 Å². The van der Waals surface area contributed by atoms with Crippen LogP contribution in [0, 0.1) is 0 Å². The molecule has 1 aliphatic rings. The highest BCUT2D eigenvalue weighted by Crippen LogP contribution is 2.20. The number of nitrogen functional groups attached to an aromatic ring is 1. The number of hydrogen-bond donors (Lipinski definition) is 3. The second kappa shape index (κ2) is 8.84. The van der Waals surface area contributed by atoms with Crippen molar-refractivity contribution in [3.63, 3.8) is 0 Å². The maximum absolute atomic E-state index is 12.1. The SMILES string of the molecule is CC(OC(=O)c1cc(Br)ccc1N)C(=O)NC(=O)NC1CCCCC1. The largest absolute Gasteiger partial charge is 0.449 e. The van der Waals surface area contributed by atoms with E-state index in [-0.39, 0.29) is 17.3 Å². The molecule has 1 atom stereocenters. The van der Waals surface area contributed by atoms with Gasteiger partial charge in [-0.3, -0.25) is 10.1 Å². The molecule has 4 N–H and O–H groups in total. The molecule has 0 bridgehead atoms. The van der Waals surface area contributed by atoms with E-state index in [0.29, 0.717) is 4.47 Å². The van der Waals surface area contributed by atoms with Crippen molar-refractivity contribution in [2.75, 3.05) is 5.73 Å². The van der Waals surface area contributed by atoms with E-state index in [2.05, 4.69) is 26.6 Å². The van der Waals surface area contributed by atoms with Gasteiger partial charge >= 0.3 is 12.0 Å². The third-order valence-electron chi connectivity index (χ3n) is 4.07. The number of imide groups is 1. The summed E-state index contributed by atoms with van der Waals surface area (Å²) in [6.07, 6.45) is 4.01. The molecular formula is C17H22BrN3O4. The zero-order chi connectivity index (χ0) is 18.4. The molecule has 1 aliphatic carbocycles. The lowest BCUT2D eigenvalue weighted by molar-refractivity contribution is -0.127. The summed E-state index contributed by atoms with van der Waals surface area (Å²) in [5.41, 5.74) is 6.14. The van der Waals surface area contributed by atoms with Crippen LogP contribution in [0.2, 0.25) is 0 Å². The quantitative estimate of drug-likeness (QED) is 0.520. The number of nitrogens with one attached hydrogen (secondary N) is 2. The Morgan fingerprint density at radius 2 is 1.92 bits per heavy atom. The molecule has 0 spiro atoms. The van der Waals surface area contributed by atoms with Gasteiger partial charge in [0.2, 0.25) is 0 Å². The van der Waals surface area contributed by atoms with E-state index in [4.69, 9.17) is 10.5 Å². The summed E-state index contributed by atoms with van der Waals surface area (Å²) in [5, 5.41) is 4.97. The first-order chi connectivity index (χ1) is 11.9. The summed E-state index contributed by atoms with van der Waals surface area (Å²) < 4.78 is 5.76. The molecule has 0 radical (unpaired) electrons. The predicted molar refractivity (Wildman–Crippen MR) is 97.0 cm³/mol. The van der Waals surface area contributed by atoms with Crippen molar-refractivity contribution in [2.45, 2.75) is 51.2 Å². The lowest BCUT2D eigenvalue weighted by atomic mass is 9.96. The van der Waals surface area contributed by atoms with Crippen molar-refractivity contribution < 1.29 is 19.1 Å². The molecule has 1 fully saturated rings. The van der Waals surface area contributed by atoms with Gasteiger partial charge < -0.3 is 15.8 Å². The van der Waals surface area contributed by atoms with Crippen LogP contribution in [-0.4, -0.2) is 30.1 Å². The van der Waals surface area contributed by atoms with Crippen LogP contribution in [0.4, 0.5) is 10.5 Å². The van der Waals surface area contributed by atoms with Crippen LogP contribution < -0.4 is 16.4 Å². The Kier molecular flexibility index (Phi) is 6.81. The summed E-state index contributed by atoms with van der Waals surface area (Å²) >= 11 is 3.24. The van der Waals surface area contributed by atoms with Gasteiger partial charge in [-0.05, 0) is 38.0 Å². The van der Waals surface area contributed by atoms with Crippen LogP contribution in [-0.2, 0) is 9.53 Å². The number of carbonyl (C=O) groups is 3. The minimum absolute atomic E-state index is 0.0841. The molecule has 25 heavy (non-hydrogen) atoms. The van der Waals surface area contributed by atoms with E-state index < -0.39 is 24.0 Å². The monoisotopic (exact) mass is 411 g/mol. The Morgan fingerprint density at radius 1 is 1.24 bits per heavy atom. The second-order valence-electron chi connectivity index (χ2n) is 6.08. The molecule has 7 nitrogen and oxygen atoms in total. The Morgan fingerprint density at radius 3 is 2.60 bits per heavy atom. The number of benzene rings is 1. The first-order valence-corrected chi connectivity index (χ1v) is 9.03. The number of hydrogen-bond acceptors (Lipinski definition) is 5. The van der Waals surface area contributed by atoms with Gasteiger partial charge in [-0.15, -0.1) is 0 Å². The number of nitrogens with two attached hydrogens (primary N) is 1. The molecule has 1 aromatic rings. The lowest BCUT2D eigenvalue weighted by Crippen LogP contribution is -2.48. The fraction of sp³-hybridized carbons (Fsp3) is 0.471. The molecule has 136 valence electrons. The zero-order valence-corrected chi connectivity index (χ0v) is 15.6. The van der Waals surface area contributed by atoms with Crippen molar-refractivity contribution in [1.29, 1.82) is 0 Å². The van der Waals surface area contributed by atoms with E-state index >= 15 is 0 Å². The van der Waals surface area contributed by atoms with Crippen molar-refractivity contribution in [2.24, 2.45) is 0 Å². The van der Waals surface area contributed by atoms with E-state index in [1.54, 1.807) is 12.1 Å². The Hall–Kier alpha value is -2.09. The summed E-state index contributed by atoms with van der Waals surface area (Å²) in [5.74, 6) is -1.41. The number of urea groups is 1. The smallest absolute Gasteiger partial charge is 0.341 e. The summed E-state index contributed by atoms with van der Waals surface area (Å²) in [7, 11) is 0. The first-order valence-electron chi connectivity index (χ1n) is 8.24. The van der Waals surface area contributed by atoms with Gasteiger partial charge in [-0.2, -0.15) is 0 Å². The van der Waals surface area contributed by atoms with Crippen LogP contribution in [0.3, 0.4) is 0 Å². The molecule has 0 heterocycles. The predicted octanol–water partition coefficient (Wildman–Crippen LogP) is 2.74. The van der Waals surface area contributed by atoms with E-state index in [0.717, 1.165) is 25.7 Å². The minimum atomic E-state index is -1.12. The van der Waals surface area contributed by atoms with Gasteiger partial charge in [-0.1, -0.05) is 35.2 Å². The first kappa shape index (κ1) is 19.2. The molecule has 3 amide bonds. The molecular weight excluding hydrogens is 390 g/mol. The van der Waals surface area contributed by atoms with Gasteiger partial charge in [0.1, 0.15) is 0 Å². The van der Waals surface area contributed by atoms with Crippen molar-refractivity contribution in [3.8, 4) is 0 Å². The third kappa shape index (κ3) is 5.74. The molecule has 1 saturated carbocycles. The fourth-order valence-corrected chi connectivity index (χ4v) is 3.03. The number of rotatable bonds is 4. The average molecular weight is 412 g/mol. The highest BCUT2D eigenvalue weighted by atomic mass is 79.9. The molecule has 8 heteroatoms. The zero-order valence-electron chi connectivity index (χ0n) is 14.0. The second-order valence-corrected chi connectivity index (χ2v) is 6.99. The van der Waals surface area contributed by atoms with Crippen LogP contribution in [0.25, 0.3) is 0 Å².